The number of piperidine rings is 1. The van der Waals surface area contributed by atoms with Crippen LogP contribution < -0.4 is 15.5 Å². The standard InChI is InChI=1S/C22H40N6/c1-6-23-22(25-14-9-15-28(18(2)3)19(4)5)26-20-11-16-27(17-12-20)21-10-7-8-13-24-21/h7-8,10,13,18-20H,6,9,11-12,14-17H2,1-5H3,(H2,23,25,26). The predicted molar refractivity (Wildman–Crippen MR) is 120 cm³/mol. The fourth-order valence-corrected chi connectivity index (χ4v) is 3.86. The topological polar surface area (TPSA) is 55.8 Å². The van der Waals surface area contributed by atoms with Crippen molar-refractivity contribution in [3.63, 3.8) is 0 Å². The molecule has 0 atom stereocenters. The maximum atomic E-state index is 4.82. The van der Waals surface area contributed by atoms with Crippen LogP contribution in [0.3, 0.4) is 0 Å². The zero-order valence-electron chi connectivity index (χ0n) is 18.5. The van der Waals surface area contributed by atoms with Crippen LogP contribution >= 0.6 is 0 Å². The predicted octanol–water partition coefficient (Wildman–Crippen LogP) is 3.11. The molecule has 0 saturated carbocycles. The van der Waals surface area contributed by atoms with Gasteiger partial charge in [-0.2, -0.15) is 0 Å². The van der Waals surface area contributed by atoms with Crippen LogP contribution in [0.25, 0.3) is 0 Å². The Hall–Kier alpha value is -1.82. The quantitative estimate of drug-likeness (QED) is 0.387. The molecule has 28 heavy (non-hydrogen) atoms. The largest absolute Gasteiger partial charge is 0.357 e. The van der Waals surface area contributed by atoms with Crippen molar-refractivity contribution in [2.45, 2.75) is 72.0 Å². The summed E-state index contributed by atoms with van der Waals surface area (Å²) in [5, 5.41) is 7.05. The molecule has 2 heterocycles. The molecule has 1 aliphatic heterocycles. The first-order valence-electron chi connectivity index (χ1n) is 11.0. The molecule has 1 aromatic rings. The number of aromatic nitrogens is 1. The van der Waals surface area contributed by atoms with E-state index in [-0.39, 0.29) is 0 Å². The molecule has 1 saturated heterocycles. The highest BCUT2D eigenvalue weighted by Gasteiger charge is 2.20. The van der Waals surface area contributed by atoms with Crippen molar-refractivity contribution in [2.75, 3.05) is 37.6 Å². The van der Waals surface area contributed by atoms with Gasteiger partial charge < -0.3 is 15.5 Å². The highest BCUT2D eigenvalue weighted by atomic mass is 15.2. The number of guanidine groups is 1. The van der Waals surface area contributed by atoms with Crippen LogP contribution in [0.1, 0.15) is 53.9 Å². The second kappa shape index (κ2) is 11.9. The third-order valence-electron chi connectivity index (χ3n) is 5.32. The molecule has 0 bridgehead atoms. The zero-order chi connectivity index (χ0) is 20.4. The van der Waals surface area contributed by atoms with E-state index in [1.165, 1.54) is 0 Å². The molecule has 0 aliphatic carbocycles. The SMILES string of the molecule is CCNC(=NCCCN(C(C)C)C(C)C)NC1CCN(c2ccccn2)CC1. The van der Waals surface area contributed by atoms with Gasteiger partial charge in [0.1, 0.15) is 5.82 Å². The molecule has 6 nitrogen and oxygen atoms in total. The summed E-state index contributed by atoms with van der Waals surface area (Å²) < 4.78 is 0. The summed E-state index contributed by atoms with van der Waals surface area (Å²) in [4.78, 5) is 14.2. The van der Waals surface area contributed by atoms with E-state index in [9.17, 15) is 0 Å². The van der Waals surface area contributed by atoms with Crippen LogP contribution in [0.5, 0.6) is 0 Å². The minimum atomic E-state index is 0.473. The van der Waals surface area contributed by atoms with Crippen molar-refractivity contribution in [3.05, 3.63) is 24.4 Å². The van der Waals surface area contributed by atoms with E-state index in [1.54, 1.807) is 0 Å². The maximum Gasteiger partial charge on any atom is 0.191 e. The summed E-state index contributed by atoms with van der Waals surface area (Å²) in [5.41, 5.74) is 0. The summed E-state index contributed by atoms with van der Waals surface area (Å²) in [6, 6.07) is 7.76. The van der Waals surface area contributed by atoms with E-state index in [2.05, 4.69) is 72.2 Å². The molecule has 1 aromatic heterocycles. The molecule has 6 heteroatoms. The van der Waals surface area contributed by atoms with Crippen molar-refractivity contribution < 1.29 is 0 Å². The van der Waals surface area contributed by atoms with Crippen molar-refractivity contribution >= 4 is 11.8 Å². The smallest absolute Gasteiger partial charge is 0.191 e. The Morgan fingerprint density at radius 3 is 2.50 bits per heavy atom. The number of anilines is 1. The second-order valence-electron chi connectivity index (χ2n) is 8.13. The molecule has 1 fully saturated rings. The Morgan fingerprint density at radius 1 is 1.21 bits per heavy atom. The minimum Gasteiger partial charge on any atom is -0.357 e. The van der Waals surface area contributed by atoms with Gasteiger partial charge in [-0.1, -0.05) is 6.07 Å². The lowest BCUT2D eigenvalue weighted by molar-refractivity contribution is 0.174. The van der Waals surface area contributed by atoms with Gasteiger partial charge in [0.15, 0.2) is 5.96 Å². The Balaban J connectivity index is 1.78. The van der Waals surface area contributed by atoms with Crippen LogP contribution in [-0.4, -0.2) is 66.7 Å². The van der Waals surface area contributed by atoms with E-state index in [1.807, 2.05) is 12.3 Å². The molecular formula is C22H40N6. The molecule has 0 radical (unpaired) electrons. The summed E-state index contributed by atoms with van der Waals surface area (Å²) >= 11 is 0. The van der Waals surface area contributed by atoms with Crippen molar-refractivity contribution in [1.29, 1.82) is 0 Å². The number of hydrogen-bond acceptors (Lipinski definition) is 4. The summed E-state index contributed by atoms with van der Waals surface area (Å²) in [6.07, 6.45) is 5.17. The van der Waals surface area contributed by atoms with Crippen molar-refractivity contribution in [1.82, 2.24) is 20.5 Å². The normalized spacial score (nSPS) is 16.3. The van der Waals surface area contributed by atoms with Gasteiger partial charge in [0.05, 0.1) is 0 Å². The van der Waals surface area contributed by atoms with Crippen LogP contribution in [-0.2, 0) is 0 Å². The lowest BCUT2D eigenvalue weighted by Crippen LogP contribution is -2.49. The van der Waals surface area contributed by atoms with Gasteiger partial charge in [-0.15, -0.1) is 0 Å². The first-order chi connectivity index (χ1) is 13.5. The number of rotatable bonds is 9. The summed E-state index contributed by atoms with van der Waals surface area (Å²) in [6.45, 7) is 16.1. The first kappa shape index (κ1) is 22.5. The van der Waals surface area contributed by atoms with E-state index in [0.29, 0.717) is 18.1 Å². The molecule has 1 aliphatic rings. The minimum absolute atomic E-state index is 0.473. The van der Waals surface area contributed by atoms with Gasteiger partial charge in [0, 0.05) is 57.0 Å². The van der Waals surface area contributed by atoms with Crippen LogP contribution in [0, 0.1) is 0 Å². The van der Waals surface area contributed by atoms with E-state index >= 15 is 0 Å². The molecule has 158 valence electrons. The Kier molecular flexibility index (Phi) is 9.55. The zero-order valence-corrected chi connectivity index (χ0v) is 18.5. The van der Waals surface area contributed by atoms with Crippen LogP contribution in [0.15, 0.2) is 29.4 Å². The van der Waals surface area contributed by atoms with Gasteiger partial charge in [-0.05, 0) is 66.0 Å². The van der Waals surface area contributed by atoms with Gasteiger partial charge in [-0.25, -0.2) is 4.98 Å². The number of nitrogens with zero attached hydrogens (tertiary/aromatic N) is 4. The monoisotopic (exact) mass is 388 g/mol. The number of aliphatic imine (C=N–C) groups is 1. The number of hydrogen-bond donors (Lipinski definition) is 2. The van der Waals surface area contributed by atoms with E-state index < -0.39 is 0 Å². The molecule has 0 spiro atoms. The fraction of sp³-hybridized carbons (Fsp3) is 0.727. The Morgan fingerprint density at radius 2 is 1.93 bits per heavy atom. The second-order valence-corrected chi connectivity index (χ2v) is 8.13. The van der Waals surface area contributed by atoms with E-state index in [0.717, 1.165) is 63.8 Å². The highest BCUT2D eigenvalue weighted by Crippen LogP contribution is 2.17. The van der Waals surface area contributed by atoms with Crippen LogP contribution in [0.4, 0.5) is 5.82 Å². The van der Waals surface area contributed by atoms with Gasteiger partial charge in [-0.3, -0.25) is 9.89 Å². The summed E-state index contributed by atoms with van der Waals surface area (Å²) in [5.74, 6) is 2.04. The third kappa shape index (κ3) is 7.30. The molecule has 0 amide bonds. The molecular weight excluding hydrogens is 348 g/mol. The van der Waals surface area contributed by atoms with E-state index in [4.69, 9.17) is 4.99 Å². The lowest BCUT2D eigenvalue weighted by Gasteiger charge is -2.33. The summed E-state index contributed by atoms with van der Waals surface area (Å²) in [7, 11) is 0. The third-order valence-corrected chi connectivity index (χ3v) is 5.32. The number of nitrogens with one attached hydrogen (secondary N) is 2. The van der Waals surface area contributed by atoms with Crippen LogP contribution in [0.2, 0.25) is 0 Å². The Labute approximate surface area is 171 Å². The Bertz CT molecular complexity index is 556. The lowest BCUT2D eigenvalue weighted by atomic mass is 10.1. The molecule has 2 rings (SSSR count). The molecule has 0 aromatic carbocycles. The van der Waals surface area contributed by atoms with Crippen molar-refractivity contribution in [3.8, 4) is 0 Å². The van der Waals surface area contributed by atoms with Gasteiger partial charge in [0.25, 0.3) is 0 Å². The van der Waals surface area contributed by atoms with Gasteiger partial charge >= 0.3 is 0 Å². The highest BCUT2D eigenvalue weighted by molar-refractivity contribution is 5.80. The number of pyridine rings is 1. The maximum absolute atomic E-state index is 4.82. The average molecular weight is 389 g/mol. The van der Waals surface area contributed by atoms with Crippen molar-refractivity contribution in [2.24, 2.45) is 4.99 Å². The first-order valence-corrected chi connectivity index (χ1v) is 11.0. The fourth-order valence-electron chi connectivity index (χ4n) is 3.86. The van der Waals surface area contributed by atoms with Gasteiger partial charge in [0.2, 0.25) is 0 Å². The molecule has 2 N–H and O–H groups in total. The molecule has 0 unspecified atom stereocenters. The average Bonchev–Trinajstić information content (AvgIpc) is 2.68.